The molecule has 0 aliphatic carbocycles. The average molecular weight is 273 g/mol. The second-order valence-corrected chi connectivity index (χ2v) is 4.84. The molecule has 0 saturated carbocycles. The van der Waals surface area contributed by atoms with Gasteiger partial charge in [-0.25, -0.2) is 0 Å². The number of fused-ring (bicyclic) bond motifs is 1. The summed E-state index contributed by atoms with van der Waals surface area (Å²) in [4.78, 5) is 24.5. The van der Waals surface area contributed by atoms with Crippen molar-refractivity contribution in [2.24, 2.45) is 0 Å². The van der Waals surface area contributed by atoms with E-state index in [1.807, 2.05) is 17.5 Å². The van der Waals surface area contributed by atoms with Crippen molar-refractivity contribution in [3.63, 3.8) is 0 Å². The van der Waals surface area contributed by atoms with Crippen LogP contribution in [0.3, 0.4) is 0 Å². The van der Waals surface area contributed by atoms with E-state index >= 15 is 0 Å². The van der Waals surface area contributed by atoms with Gasteiger partial charge in [-0.05, 0) is 17.5 Å². The quantitative estimate of drug-likeness (QED) is 0.420. The molecular weight excluding hydrogens is 265 g/mol. The third kappa shape index (κ3) is 2.09. The van der Waals surface area contributed by atoms with Crippen LogP contribution in [0.1, 0.15) is 11.3 Å². The summed E-state index contributed by atoms with van der Waals surface area (Å²) in [6.45, 7) is 0. The number of hydrogen-bond acceptors (Lipinski definition) is 5. The van der Waals surface area contributed by atoms with Gasteiger partial charge in [0.2, 0.25) is 5.91 Å². The van der Waals surface area contributed by atoms with E-state index in [1.54, 1.807) is 6.08 Å². The topological polar surface area (TPSA) is 69.7 Å². The van der Waals surface area contributed by atoms with E-state index in [0.717, 1.165) is 4.88 Å². The summed E-state index contributed by atoms with van der Waals surface area (Å²) < 4.78 is 5.43. The van der Waals surface area contributed by atoms with Crippen molar-refractivity contribution in [1.82, 2.24) is 4.90 Å². The molecule has 2 atom stereocenters. The molecule has 7 heteroatoms. The Kier molecular flexibility index (Phi) is 3.82. The Balaban J connectivity index is 0.00000120. The molecule has 0 bridgehead atoms. The Morgan fingerprint density at radius 1 is 1.61 bits per heavy atom. The minimum absolute atomic E-state index is 0. The zero-order valence-electron chi connectivity index (χ0n) is 9.66. The van der Waals surface area contributed by atoms with Crippen LogP contribution >= 0.6 is 11.3 Å². The normalized spacial score (nSPS) is 27.2. The molecule has 2 aliphatic heterocycles. The van der Waals surface area contributed by atoms with Crippen molar-refractivity contribution >= 4 is 29.3 Å². The molecule has 88 valence electrons. The number of carboxylic acids is 1. The first kappa shape index (κ1) is 13.6. The molecule has 0 radical (unpaired) electrons. The molecule has 3 rings (SSSR count). The van der Waals surface area contributed by atoms with E-state index in [0.29, 0.717) is 0 Å². The van der Waals surface area contributed by atoms with Crippen LogP contribution in [0.2, 0.25) is 0 Å². The van der Waals surface area contributed by atoms with Crippen LogP contribution in [0.5, 0.6) is 0 Å². The van der Waals surface area contributed by atoms with Gasteiger partial charge in [-0.2, -0.15) is 0 Å². The minimum Gasteiger partial charge on any atom is -0.547 e. The first-order chi connectivity index (χ1) is 8.16. The number of thiophene rings is 1. The van der Waals surface area contributed by atoms with Gasteiger partial charge >= 0.3 is 29.6 Å². The van der Waals surface area contributed by atoms with Gasteiger partial charge in [-0.15, -0.1) is 11.3 Å². The number of β-lactam (4-membered cyclic amide) rings is 1. The predicted octanol–water partition coefficient (Wildman–Crippen LogP) is -3.20. The maximum absolute atomic E-state index is 11.3. The van der Waals surface area contributed by atoms with Crippen molar-refractivity contribution < 1.29 is 49.0 Å². The molecule has 2 saturated heterocycles. The Morgan fingerprint density at radius 2 is 2.39 bits per heavy atom. The van der Waals surface area contributed by atoms with Crippen LogP contribution in [0.15, 0.2) is 23.3 Å². The number of carboxylic acid groups (broad SMARTS) is 1. The smallest absolute Gasteiger partial charge is 0.547 e. The monoisotopic (exact) mass is 273 g/mol. The maximum atomic E-state index is 11.3. The Morgan fingerprint density at radius 3 is 2.94 bits per heavy atom. The van der Waals surface area contributed by atoms with Crippen molar-refractivity contribution in [3.8, 4) is 0 Å². The summed E-state index contributed by atoms with van der Waals surface area (Å²) in [6.07, 6.45) is 1.46. The number of ether oxygens (including phenoxy) is 1. The second-order valence-electron chi connectivity index (χ2n) is 3.86. The molecule has 0 N–H and O–H groups in total. The molecule has 1 aromatic heterocycles. The molecule has 0 aromatic carbocycles. The summed E-state index contributed by atoms with van der Waals surface area (Å²) in [5.74, 6) is -1.23. The molecule has 18 heavy (non-hydrogen) atoms. The Labute approximate surface area is 129 Å². The number of aliphatic carboxylic acids is 1. The third-order valence-electron chi connectivity index (χ3n) is 2.82. The SMILES string of the molecule is O=C([O-])C1/C(=C/c2cccs2)OC2CC(=O)N21.[Na+]. The maximum Gasteiger partial charge on any atom is 1.00 e. The largest absolute Gasteiger partial charge is 1.00 e. The van der Waals surface area contributed by atoms with Crippen LogP contribution in [0.4, 0.5) is 0 Å². The molecular formula is C11H8NNaO4S. The van der Waals surface area contributed by atoms with Gasteiger partial charge in [0.05, 0.1) is 12.4 Å². The third-order valence-corrected chi connectivity index (χ3v) is 3.64. The van der Waals surface area contributed by atoms with Crippen LogP contribution in [0.25, 0.3) is 6.08 Å². The van der Waals surface area contributed by atoms with E-state index in [9.17, 15) is 14.7 Å². The van der Waals surface area contributed by atoms with Crippen molar-refractivity contribution in [3.05, 3.63) is 28.1 Å². The van der Waals surface area contributed by atoms with Crippen LogP contribution in [-0.4, -0.2) is 29.0 Å². The molecule has 2 fully saturated rings. The van der Waals surface area contributed by atoms with Gasteiger partial charge in [0.15, 0.2) is 6.23 Å². The fourth-order valence-corrected chi connectivity index (χ4v) is 2.68. The fraction of sp³-hybridized carbons (Fsp3) is 0.273. The van der Waals surface area contributed by atoms with Gasteiger partial charge in [0.25, 0.3) is 0 Å². The van der Waals surface area contributed by atoms with E-state index in [-0.39, 0.29) is 47.6 Å². The van der Waals surface area contributed by atoms with E-state index in [4.69, 9.17) is 4.74 Å². The van der Waals surface area contributed by atoms with Gasteiger partial charge in [0.1, 0.15) is 11.8 Å². The summed E-state index contributed by atoms with van der Waals surface area (Å²) in [6, 6.07) is 2.63. The number of carbonyl (C=O) groups is 2. The van der Waals surface area contributed by atoms with Crippen molar-refractivity contribution in [2.45, 2.75) is 18.7 Å². The summed E-state index contributed by atoms with van der Waals surface area (Å²) in [5, 5.41) is 12.9. The van der Waals surface area contributed by atoms with Gasteiger partial charge in [-0.1, -0.05) is 6.07 Å². The number of hydrogen-bond donors (Lipinski definition) is 0. The fourth-order valence-electron chi connectivity index (χ4n) is 2.02. The summed E-state index contributed by atoms with van der Waals surface area (Å²) in [5.41, 5.74) is 0. The van der Waals surface area contributed by atoms with Crippen molar-refractivity contribution in [2.75, 3.05) is 0 Å². The predicted molar refractivity (Wildman–Crippen MR) is 57.4 cm³/mol. The van der Waals surface area contributed by atoms with Gasteiger partial charge in [0, 0.05) is 4.88 Å². The first-order valence-electron chi connectivity index (χ1n) is 5.10. The van der Waals surface area contributed by atoms with Crippen LogP contribution in [-0.2, 0) is 14.3 Å². The Bertz CT molecular complexity index is 513. The zero-order chi connectivity index (χ0) is 12.0. The standard InChI is InChI=1S/C11H9NO4S.Na/c13-8-5-9-12(8)10(11(14)15)7(16-9)4-6-2-1-3-17-6;/h1-4,9-10H,5H2,(H,14,15);/q;+1/p-1/b7-4-;. The molecule has 3 heterocycles. The summed E-state index contributed by atoms with van der Waals surface area (Å²) >= 11 is 1.47. The molecule has 0 spiro atoms. The molecule has 2 aliphatic rings. The minimum atomic E-state index is -1.30. The second kappa shape index (κ2) is 5.05. The number of nitrogens with zero attached hydrogens (tertiary/aromatic N) is 1. The molecule has 1 amide bonds. The molecule has 2 unspecified atom stereocenters. The number of rotatable bonds is 2. The van der Waals surface area contributed by atoms with E-state index in [2.05, 4.69) is 0 Å². The molecule has 1 aromatic rings. The number of carbonyl (C=O) groups excluding carboxylic acids is 2. The zero-order valence-corrected chi connectivity index (χ0v) is 12.5. The number of amides is 1. The van der Waals surface area contributed by atoms with Crippen LogP contribution in [0, 0.1) is 0 Å². The average Bonchev–Trinajstić information content (AvgIpc) is 2.84. The Hall–Kier alpha value is -0.820. The van der Waals surface area contributed by atoms with E-state index < -0.39 is 18.2 Å². The van der Waals surface area contributed by atoms with Gasteiger partial charge in [-0.3, -0.25) is 9.69 Å². The van der Waals surface area contributed by atoms with Crippen molar-refractivity contribution in [1.29, 1.82) is 0 Å². The first-order valence-corrected chi connectivity index (χ1v) is 5.98. The van der Waals surface area contributed by atoms with E-state index in [1.165, 1.54) is 16.2 Å². The van der Waals surface area contributed by atoms with Crippen LogP contribution < -0.4 is 34.7 Å². The van der Waals surface area contributed by atoms with Gasteiger partial charge < -0.3 is 14.6 Å². The molecule has 5 nitrogen and oxygen atoms in total. The summed E-state index contributed by atoms with van der Waals surface area (Å²) in [7, 11) is 0.